The number of phenols is 1. The van der Waals surface area contributed by atoms with E-state index < -0.39 is 36.3 Å². The molecule has 0 saturated heterocycles. The predicted molar refractivity (Wildman–Crippen MR) is 51.2 cm³/mol. The Morgan fingerprint density at radius 3 is 2.24 bits per heavy atom. The van der Waals surface area contributed by atoms with Gasteiger partial charge in [0.15, 0.2) is 0 Å². The highest BCUT2D eigenvalue weighted by atomic mass is 19.4. The molecule has 2 unspecified atom stereocenters. The molecule has 0 spiro atoms. The van der Waals surface area contributed by atoms with E-state index in [4.69, 9.17) is 15.3 Å². The Kier molecular flexibility index (Phi) is 3.97. The smallest absolute Gasteiger partial charge is 0.419 e. The standard InChI is InChI=1S/C10H11F3O4/c11-10(12,13)6-3-5(1-2-7(6)15)9(17)8(16)4-14/h1-3,8-9,14-17H,4H2. The molecule has 0 radical (unpaired) electrons. The van der Waals surface area contributed by atoms with Crippen LogP contribution in [-0.2, 0) is 6.18 Å². The highest BCUT2D eigenvalue weighted by Crippen LogP contribution is 2.37. The maximum absolute atomic E-state index is 12.4. The Morgan fingerprint density at radius 2 is 1.76 bits per heavy atom. The van der Waals surface area contributed by atoms with Gasteiger partial charge in [-0.05, 0) is 17.7 Å². The van der Waals surface area contributed by atoms with E-state index in [-0.39, 0.29) is 5.56 Å². The van der Waals surface area contributed by atoms with Crippen molar-refractivity contribution in [1.82, 2.24) is 0 Å². The van der Waals surface area contributed by atoms with Gasteiger partial charge in [0.05, 0.1) is 12.2 Å². The number of aromatic hydroxyl groups is 1. The Morgan fingerprint density at radius 1 is 1.18 bits per heavy atom. The highest BCUT2D eigenvalue weighted by Gasteiger charge is 2.34. The van der Waals surface area contributed by atoms with E-state index in [0.717, 1.165) is 12.1 Å². The summed E-state index contributed by atoms with van der Waals surface area (Å²) < 4.78 is 37.3. The zero-order valence-electron chi connectivity index (χ0n) is 8.52. The number of hydrogen-bond acceptors (Lipinski definition) is 4. The second-order valence-corrected chi connectivity index (χ2v) is 3.47. The van der Waals surface area contributed by atoms with Crippen molar-refractivity contribution in [1.29, 1.82) is 0 Å². The Balaban J connectivity index is 3.13. The molecule has 96 valence electrons. The van der Waals surface area contributed by atoms with Gasteiger partial charge in [-0.15, -0.1) is 0 Å². The van der Waals surface area contributed by atoms with Crippen LogP contribution in [0, 0.1) is 0 Å². The molecule has 4 N–H and O–H groups in total. The van der Waals surface area contributed by atoms with Gasteiger partial charge in [-0.25, -0.2) is 0 Å². The second-order valence-electron chi connectivity index (χ2n) is 3.47. The van der Waals surface area contributed by atoms with Crippen molar-refractivity contribution in [3.05, 3.63) is 29.3 Å². The van der Waals surface area contributed by atoms with Crippen LogP contribution >= 0.6 is 0 Å². The lowest BCUT2D eigenvalue weighted by Crippen LogP contribution is -2.22. The number of halogens is 3. The van der Waals surface area contributed by atoms with Crippen molar-refractivity contribution in [2.24, 2.45) is 0 Å². The van der Waals surface area contributed by atoms with Crippen LogP contribution in [-0.4, -0.2) is 33.1 Å². The van der Waals surface area contributed by atoms with Gasteiger partial charge in [-0.2, -0.15) is 13.2 Å². The average Bonchev–Trinajstić information content (AvgIpc) is 2.26. The zero-order chi connectivity index (χ0) is 13.2. The molecule has 0 aliphatic rings. The minimum Gasteiger partial charge on any atom is -0.507 e. The Hall–Kier alpha value is -1.31. The van der Waals surface area contributed by atoms with Gasteiger partial charge in [-0.1, -0.05) is 6.07 Å². The monoisotopic (exact) mass is 252 g/mol. The lowest BCUT2D eigenvalue weighted by molar-refractivity contribution is -0.138. The van der Waals surface area contributed by atoms with Crippen LogP contribution in [0.25, 0.3) is 0 Å². The van der Waals surface area contributed by atoms with E-state index in [1.54, 1.807) is 0 Å². The van der Waals surface area contributed by atoms with E-state index >= 15 is 0 Å². The van der Waals surface area contributed by atoms with Crippen LogP contribution in [0.5, 0.6) is 5.75 Å². The van der Waals surface area contributed by atoms with Crippen molar-refractivity contribution >= 4 is 0 Å². The first kappa shape index (κ1) is 13.8. The summed E-state index contributed by atoms with van der Waals surface area (Å²) in [6.07, 6.45) is -7.99. The minimum atomic E-state index is -4.76. The average molecular weight is 252 g/mol. The number of rotatable bonds is 3. The van der Waals surface area contributed by atoms with Crippen molar-refractivity contribution < 1.29 is 33.6 Å². The van der Waals surface area contributed by atoms with Crippen molar-refractivity contribution in [2.75, 3.05) is 6.61 Å². The summed E-state index contributed by atoms with van der Waals surface area (Å²) in [6, 6.07) is 2.33. The fourth-order valence-corrected chi connectivity index (χ4v) is 1.29. The van der Waals surface area contributed by atoms with Crippen LogP contribution in [0.15, 0.2) is 18.2 Å². The molecule has 0 fully saturated rings. The second kappa shape index (κ2) is 4.91. The maximum atomic E-state index is 12.4. The number of alkyl halides is 3. The van der Waals surface area contributed by atoms with Crippen LogP contribution in [0.3, 0.4) is 0 Å². The summed E-state index contributed by atoms with van der Waals surface area (Å²) >= 11 is 0. The first-order valence-electron chi connectivity index (χ1n) is 4.64. The lowest BCUT2D eigenvalue weighted by Gasteiger charge is -2.18. The van der Waals surface area contributed by atoms with Gasteiger partial charge in [0.2, 0.25) is 0 Å². The molecular weight excluding hydrogens is 241 g/mol. The summed E-state index contributed by atoms with van der Waals surface area (Å²) in [7, 11) is 0. The molecule has 0 bridgehead atoms. The maximum Gasteiger partial charge on any atom is 0.419 e. The third-order valence-electron chi connectivity index (χ3n) is 2.22. The summed E-state index contributed by atoms with van der Waals surface area (Å²) in [5.74, 6) is -0.966. The van der Waals surface area contributed by atoms with E-state index in [1.807, 2.05) is 0 Å². The molecule has 0 aliphatic heterocycles. The van der Waals surface area contributed by atoms with Crippen molar-refractivity contribution in [3.63, 3.8) is 0 Å². The van der Waals surface area contributed by atoms with Gasteiger partial charge in [-0.3, -0.25) is 0 Å². The Bertz CT molecular complexity index is 392. The molecule has 0 amide bonds. The highest BCUT2D eigenvalue weighted by molar-refractivity contribution is 5.39. The third kappa shape index (κ3) is 3.09. The molecular formula is C10H11F3O4. The van der Waals surface area contributed by atoms with Crippen molar-refractivity contribution in [2.45, 2.75) is 18.4 Å². The fourth-order valence-electron chi connectivity index (χ4n) is 1.29. The van der Waals surface area contributed by atoms with Crippen LogP contribution in [0.4, 0.5) is 13.2 Å². The summed E-state index contributed by atoms with van der Waals surface area (Å²) in [5.41, 5.74) is -1.55. The molecule has 1 aromatic rings. The summed E-state index contributed by atoms with van der Waals surface area (Å²) in [4.78, 5) is 0. The summed E-state index contributed by atoms with van der Waals surface area (Å²) in [5, 5.41) is 36.1. The number of hydrogen-bond donors (Lipinski definition) is 4. The number of aliphatic hydroxyl groups excluding tert-OH is 3. The topological polar surface area (TPSA) is 80.9 Å². The van der Waals surface area contributed by atoms with Crippen molar-refractivity contribution in [3.8, 4) is 5.75 Å². The molecule has 17 heavy (non-hydrogen) atoms. The van der Waals surface area contributed by atoms with Crippen LogP contribution in [0.1, 0.15) is 17.2 Å². The largest absolute Gasteiger partial charge is 0.507 e. The van der Waals surface area contributed by atoms with Gasteiger partial charge in [0, 0.05) is 0 Å². The molecule has 2 atom stereocenters. The number of phenolic OH excluding ortho intramolecular Hbond substituents is 1. The molecule has 1 aromatic carbocycles. The first-order chi connectivity index (χ1) is 7.77. The minimum absolute atomic E-state index is 0.239. The number of benzene rings is 1. The molecule has 0 saturated carbocycles. The first-order valence-corrected chi connectivity index (χ1v) is 4.64. The normalized spacial score (nSPS) is 15.6. The zero-order valence-corrected chi connectivity index (χ0v) is 8.52. The van der Waals surface area contributed by atoms with Gasteiger partial charge >= 0.3 is 6.18 Å². The van der Waals surface area contributed by atoms with Gasteiger partial charge in [0.1, 0.15) is 18.0 Å². The number of aliphatic hydroxyl groups is 3. The van der Waals surface area contributed by atoms with Crippen LogP contribution < -0.4 is 0 Å². The molecule has 0 heterocycles. The van der Waals surface area contributed by atoms with Gasteiger partial charge < -0.3 is 20.4 Å². The summed E-state index contributed by atoms with van der Waals surface area (Å²) in [6.45, 7) is -0.788. The Labute approximate surface area is 94.6 Å². The van der Waals surface area contributed by atoms with E-state index in [1.165, 1.54) is 0 Å². The molecule has 7 heteroatoms. The third-order valence-corrected chi connectivity index (χ3v) is 2.22. The van der Waals surface area contributed by atoms with E-state index in [0.29, 0.717) is 6.07 Å². The quantitative estimate of drug-likeness (QED) is 0.641. The lowest BCUT2D eigenvalue weighted by atomic mass is 10.0. The molecule has 0 aromatic heterocycles. The van der Waals surface area contributed by atoms with E-state index in [9.17, 15) is 18.3 Å². The molecule has 0 aliphatic carbocycles. The fraction of sp³-hybridized carbons (Fsp3) is 0.400. The molecule has 4 nitrogen and oxygen atoms in total. The SMILES string of the molecule is OCC(O)C(O)c1ccc(O)c(C(F)(F)F)c1. The predicted octanol–water partition coefficient (Wildman–Crippen LogP) is 0.798. The van der Waals surface area contributed by atoms with Gasteiger partial charge in [0.25, 0.3) is 0 Å². The van der Waals surface area contributed by atoms with Crippen LogP contribution in [0.2, 0.25) is 0 Å². The molecule has 1 rings (SSSR count). The van der Waals surface area contributed by atoms with E-state index in [2.05, 4.69) is 0 Å².